The first-order valence-corrected chi connectivity index (χ1v) is 13.6. The van der Waals surface area contributed by atoms with E-state index in [1.165, 1.54) is 23.1 Å². The number of carbonyl (C=O) groups excluding carboxylic acids is 2. The number of nitrogens with zero attached hydrogens (tertiary/aromatic N) is 3. The topological polar surface area (TPSA) is 118 Å². The van der Waals surface area contributed by atoms with Gasteiger partial charge in [-0.2, -0.15) is 5.10 Å². The average molecular weight is 577 g/mol. The van der Waals surface area contributed by atoms with Gasteiger partial charge in [0.2, 0.25) is 0 Å². The zero-order valence-electron chi connectivity index (χ0n) is 21.6. The van der Waals surface area contributed by atoms with Crippen LogP contribution >= 0.6 is 23.2 Å². The second-order valence-corrected chi connectivity index (χ2v) is 10.2. The maximum absolute atomic E-state index is 13.0. The van der Waals surface area contributed by atoms with Crippen molar-refractivity contribution in [2.24, 2.45) is 0 Å². The Labute approximate surface area is 240 Å². The molecular weight excluding hydrogens is 551 g/mol. The van der Waals surface area contributed by atoms with E-state index in [0.29, 0.717) is 17.8 Å². The van der Waals surface area contributed by atoms with Crippen LogP contribution in [0.15, 0.2) is 71.8 Å². The second kappa shape index (κ2) is 11.9. The number of aromatic nitrogens is 3. The third-order valence-electron chi connectivity index (χ3n) is 6.67. The summed E-state index contributed by atoms with van der Waals surface area (Å²) in [4.78, 5) is 42.2. The molecule has 0 saturated heterocycles. The summed E-state index contributed by atoms with van der Waals surface area (Å²) < 4.78 is 1.27. The summed E-state index contributed by atoms with van der Waals surface area (Å²) in [7, 11) is 0. The van der Waals surface area contributed by atoms with Crippen molar-refractivity contribution in [3.05, 3.63) is 93.0 Å². The molecule has 0 unspecified atom stereocenters. The average Bonchev–Trinajstić information content (AvgIpc) is 2.94. The van der Waals surface area contributed by atoms with E-state index in [9.17, 15) is 14.4 Å². The van der Waals surface area contributed by atoms with Crippen LogP contribution in [-0.4, -0.2) is 32.7 Å². The molecule has 1 aliphatic rings. The first kappa shape index (κ1) is 27.4. The molecule has 204 valence electrons. The Balaban J connectivity index is 1.42. The van der Waals surface area contributed by atoms with Gasteiger partial charge in [0, 0.05) is 36.1 Å². The van der Waals surface area contributed by atoms with E-state index in [2.05, 4.69) is 26.0 Å². The Bertz CT molecular complexity index is 1630. The van der Waals surface area contributed by atoms with Gasteiger partial charge in [-0.1, -0.05) is 53.5 Å². The van der Waals surface area contributed by atoms with Gasteiger partial charge in [0.25, 0.3) is 11.5 Å². The van der Waals surface area contributed by atoms with Crippen LogP contribution < -0.4 is 21.5 Å². The van der Waals surface area contributed by atoms with E-state index in [1.54, 1.807) is 13.0 Å². The molecule has 5 rings (SSSR count). The minimum Gasteiger partial charge on any atom is -0.349 e. The predicted molar refractivity (Wildman–Crippen MR) is 157 cm³/mol. The minimum atomic E-state index is -0.697. The van der Waals surface area contributed by atoms with Crippen LogP contribution in [0.25, 0.3) is 22.4 Å². The molecule has 1 fully saturated rings. The van der Waals surface area contributed by atoms with Crippen LogP contribution in [0.4, 0.5) is 16.2 Å². The number of pyridine rings is 1. The van der Waals surface area contributed by atoms with Gasteiger partial charge in [-0.05, 0) is 61.6 Å². The van der Waals surface area contributed by atoms with Gasteiger partial charge < -0.3 is 16.0 Å². The molecule has 4 aromatic rings. The predicted octanol–water partition coefficient (Wildman–Crippen LogP) is 6.23. The molecule has 0 radical (unpaired) electrons. The molecule has 2 aromatic carbocycles. The smallest absolute Gasteiger partial charge is 0.323 e. The Hall–Kier alpha value is -4.21. The van der Waals surface area contributed by atoms with Crippen molar-refractivity contribution in [2.75, 3.05) is 10.6 Å². The van der Waals surface area contributed by atoms with Crippen LogP contribution in [0.3, 0.4) is 0 Å². The van der Waals surface area contributed by atoms with Crippen molar-refractivity contribution >= 4 is 46.5 Å². The maximum atomic E-state index is 13.0. The number of rotatable bonds is 7. The molecule has 1 aliphatic carbocycles. The third-order valence-corrected chi connectivity index (χ3v) is 7.24. The Morgan fingerprint density at radius 3 is 2.30 bits per heavy atom. The number of benzene rings is 2. The SMILES string of the molecule is CCn1nc(-c2cccc(-c3cccc(C(=O)NC4CCC4)c3)c2)cc(NC(=O)Nc2c(Cl)cncc2Cl)c1=O. The monoisotopic (exact) mass is 576 g/mol. The van der Waals surface area contributed by atoms with Crippen LogP contribution in [0.5, 0.6) is 0 Å². The van der Waals surface area contributed by atoms with E-state index < -0.39 is 11.6 Å². The first-order valence-electron chi connectivity index (χ1n) is 12.8. The highest BCUT2D eigenvalue weighted by Gasteiger charge is 2.20. The fraction of sp³-hybridized carbons (Fsp3) is 0.207. The summed E-state index contributed by atoms with van der Waals surface area (Å²) >= 11 is 12.2. The van der Waals surface area contributed by atoms with E-state index in [1.807, 2.05) is 42.5 Å². The quantitative estimate of drug-likeness (QED) is 0.241. The largest absolute Gasteiger partial charge is 0.349 e. The lowest BCUT2D eigenvalue weighted by Gasteiger charge is -2.26. The Morgan fingerprint density at radius 1 is 0.950 bits per heavy atom. The van der Waals surface area contributed by atoms with Crippen LogP contribution in [0, 0.1) is 0 Å². The summed E-state index contributed by atoms with van der Waals surface area (Å²) in [6, 6.07) is 16.1. The fourth-order valence-electron chi connectivity index (χ4n) is 4.30. The maximum Gasteiger partial charge on any atom is 0.323 e. The summed E-state index contributed by atoms with van der Waals surface area (Å²) in [6.45, 7) is 2.08. The highest BCUT2D eigenvalue weighted by Crippen LogP contribution is 2.29. The molecule has 0 bridgehead atoms. The van der Waals surface area contributed by atoms with Crippen LogP contribution in [0.2, 0.25) is 10.0 Å². The number of anilines is 2. The van der Waals surface area contributed by atoms with Crippen molar-refractivity contribution in [1.82, 2.24) is 20.1 Å². The number of hydrogen-bond acceptors (Lipinski definition) is 5. The van der Waals surface area contributed by atoms with Crippen molar-refractivity contribution in [3.63, 3.8) is 0 Å². The summed E-state index contributed by atoms with van der Waals surface area (Å²) in [5.41, 5.74) is 3.30. The number of nitrogens with one attached hydrogen (secondary N) is 3. The van der Waals surface area contributed by atoms with Gasteiger partial charge in [0.1, 0.15) is 5.69 Å². The first-order chi connectivity index (χ1) is 19.3. The molecule has 0 atom stereocenters. The van der Waals surface area contributed by atoms with Crippen molar-refractivity contribution in [2.45, 2.75) is 38.8 Å². The zero-order chi connectivity index (χ0) is 28.2. The van der Waals surface area contributed by atoms with Crippen molar-refractivity contribution < 1.29 is 9.59 Å². The lowest BCUT2D eigenvalue weighted by Crippen LogP contribution is -2.39. The zero-order valence-corrected chi connectivity index (χ0v) is 23.1. The molecule has 40 heavy (non-hydrogen) atoms. The molecule has 0 aliphatic heterocycles. The molecule has 1 saturated carbocycles. The third kappa shape index (κ3) is 6.00. The van der Waals surface area contributed by atoms with Gasteiger partial charge in [-0.25, -0.2) is 9.48 Å². The molecule has 11 heteroatoms. The Morgan fingerprint density at radius 2 is 1.62 bits per heavy atom. The van der Waals surface area contributed by atoms with E-state index in [4.69, 9.17) is 23.2 Å². The number of carbonyl (C=O) groups is 2. The highest BCUT2D eigenvalue weighted by molar-refractivity contribution is 6.39. The minimum absolute atomic E-state index is 0.0331. The van der Waals surface area contributed by atoms with E-state index in [0.717, 1.165) is 36.0 Å². The van der Waals surface area contributed by atoms with Gasteiger partial charge in [0.05, 0.1) is 21.4 Å². The van der Waals surface area contributed by atoms with Gasteiger partial charge >= 0.3 is 6.03 Å². The second-order valence-electron chi connectivity index (χ2n) is 9.38. The van der Waals surface area contributed by atoms with Gasteiger partial charge in [-0.15, -0.1) is 0 Å². The summed E-state index contributed by atoms with van der Waals surface area (Å²) in [6.07, 6.45) is 5.88. The fourth-order valence-corrected chi connectivity index (χ4v) is 4.76. The molecular formula is C29H26Cl2N6O3. The highest BCUT2D eigenvalue weighted by atomic mass is 35.5. The molecule has 2 heterocycles. The number of urea groups is 1. The van der Waals surface area contributed by atoms with E-state index in [-0.39, 0.29) is 33.4 Å². The molecule has 2 aromatic heterocycles. The number of aryl methyl sites for hydroxylation is 1. The summed E-state index contributed by atoms with van der Waals surface area (Å²) in [5, 5.41) is 13.0. The van der Waals surface area contributed by atoms with Gasteiger partial charge in [-0.3, -0.25) is 14.6 Å². The number of amides is 3. The number of halogens is 2. The van der Waals surface area contributed by atoms with Crippen LogP contribution in [0.1, 0.15) is 36.5 Å². The van der Waals surface area contributed by atoms with Crippen LogP contribution in [-0.2, 0) is 6.54 Å². The molecule has 3 amide bonds. The van der Waals surface area contributed by atoms with Crippen molar-refractivity contribution in [3.8, 4) is 22.4 Å². The summed E-state index contributed by atoms with van der Waals surface area (Å²) in [5.74, 6) is -0.0808. The Kier molecular flexibility index (Phi) is 8.14. The molecule has 0 spiro atoms. The molecule has 3 N–H and O–H groups in total. The molecule has 9 nitrogen and oxygen atoms in total. The van der Waals surface area contributed by atoms with Crippen molar-refractivity contribution in [1.29, 1.82) is 0 Å². The number of hydrogen-bond donors (Lipinski definition) is 3. The lowest BCUT2D eigenvalue weighted by atomic mass is 9.92. The van der Waals surface area contributed by atoms with Gasteiger partial charge in [0.15, 0.2) is 0 Å². The normalized spacial score (nSPS) is 12.9. The van der Waals surface area contributed by atoms with E-state index >= 15 is 0 Å². The lowest BCUT2D eigenvalue weighted by molar-refractivity contribution is 0.0917. The standard InChI is InChI=1S/C29H26Cl2N6O3/c1-2-37-28(39)25(34-29(40)35-26-22(30)15-32-16-23(26)31)14-24(36-37)19-8-3-6-17(12-19)18-7-4-9-20(13-18)27(38)33-21-10-5-11-21/h3-4,6-9,12-16,21H,2,5,10-11H2,1H3,(H,33,38)(H2,32,34,35,40).